The van der Waals surface area contributed by atoms with E-state index in [1.54, 1.807) is 36.4 Å². The number of carboxylic acids is 2. The Bertz CT molecular complexity index is 1310. The van der Waals surface area contributed by atoms with Crippen LogP contribution in [0.5, 0.6) is 0 Å². The fourth-order valence-corrected chi connectivity index (χ4v) is 3.86. The monoisotopic (exact) mass is 516 g/mol. The third-order valence-electron chi connectivity index (χ3n) is 5.38. The van der Waals surface area contributed by atoms with Gasteiger partial charge in [-0.2, -0.15) is 0 Å². The molecule has 2 amide bonds. The number of Topliss-reactive ketones (excluding diaryl/α,β-unsaturated/α-hetero) is 2. The first-order valence-electron chi connectivity index (χ1n) is 11.4. The molecule has 0 bridgehead atoms. The van der Waals surface area contributed by atoms with Crippen molar-refractivity contribution in [2.75, 3.05) is 9.80 Å². The predicted molar refractivity (Wildman–Crippen MR) is 138 cm³/mol. The highest BCUT2D eigenvalue weighted by Gasteiger charge is 2.31. The summed E-state index contributed by atoms with van der Waals surface area (Å²) >= 11 is 0. The van der Waals surface area contributed by atoms with Crippen molar-refractivity contribution in [2.24, 2.45) is 0 Å². The van der Waals surface area contributed by atoms with Crippen LogP contribution in [0.2, 0.25) is 0 Å². The van der Waals surface area contributed by atoms with Crippen LogP contribution in [-0.4, -0.2) is 45.5 Å². The summed E-state index contributed by atoms with van der Waals surface area (Å²) in [7, 11) is 0. The molecule has 0 aliphatic carbocycles. The molecule has 2 N–H and O–H groups in total. The van der Waals surface area contributed by atoms with Crippen LogP contribution in [0.25, 0.3) is 0 Å². The zero-order valence-corrected chi connectivity index (χ0v) is 20.6. The van der Waals surface area contributed by atoms with E-state index >= 15 is 0 Å². The van der Waals surface area contributed by atoms with Gasteiger partial charge in [-0.3, -0.25) is 29.0 Å². The molecule has 3 rings (SSSR count). The molecule has 10 heteroatoms. The smallest absolute Gasteiger partial charge is 0.337 e. The zero-order chi connectivity index (χ0) is 28.0. The van der Waals surface area contributed by atoms with Crippen molar-refractivity contribution in [3.63, 3.8) is 0 Å². The van der Waals surface area contributed by atoms with Crippen molar-refractivity contribution >= 4 is 58.1 Å². The first-order chi connectivity index (χ1) is 18.0. The summed E-state index contributed by atoms with van der Waals surface area (Å²) in [4.78, 5) is 76.6. The summed E-state index contributed by atoms with van der Waals surface area (Å²) in [5, 5.41) is 20.2. The van der Waals surface area contributed by atoms with E-state index in [-0.39, 0.29) is 22.7 Å². The first-order valence-corrected chi connectivity index (χ1v) is 11.4. The lowest BCUT2D eigenvalue weighted by Crippen LogP contribution is -2.31. The van der Waals surface area contributed by atoms with Gasteiger partial charge in [-0.15, -0.1) is 0 Å². The highest BCUT2D eigenvalue weighted by atomic mass is 16.4. The highest BCUT2D eigenvalue weighted by Crippen LogP contribution is 2.38. The molecule has 194 valence electrons. The topological polar surface area (TPSA) is 149 Å². The number of carbonyl (C=O) groups is 6. The summed E-state index contributed by atoms with van der Waals surface area (Å²) < 4.78 is 0. The molecule has 38 heavy (non-hydrogen) atoms. The minimum Gasteiger partial charge on any atom is -0.478 e. The number of hydrogen-bond acceptors (Lipinski definition) is 6. The molecule has 0 saturated carbocycles. The largest absolute Gasteiger partial charge is 0.478 e. The van der Waals surface area contributed by atoms with Gasteiger partial charge in [-0.25, -0.2) is 9.59 Å². The maximum absolute atomic E-state index is 13.1. The number of carbonyl (C=O) groups excluding carboxylic acids is 4. The van der Waals surface area contributed by atoms with E-state index in [0.717, 1.165) is 21.9 Å². The molecule has 3 aromatic carbocycles. The second-order valence-electron chi connectivity index (χ2n) is 8.38. The van der Waals surface area contributed by atoms with Crippen molar-refractivity contribution in [3.05, 3.63) is 83.9 Å². The summed E-state index contributed by atoms with van der Waals surface area (Å²) in [5.74, 6) is -5.53. The zero-order valence-electron chi connectivity index (χ0n) is 20.6. The highest BCUT2D eigenvalue weighted by molar-refractivity contribution is 6.16. The maximum Gasteiger partial charge on any atom is 0.337 e. The number of amides is 2. The van der Waals surface area contributed by atoms with Gasteiger partial charge >= 0.3 is 11.9 Å². The number of aromatic carboxylic acids is 2. The minimum absolute atomic E-state index is 0.206. The number of nitrogens with zero attached hydrogens (tertiary/aromatic N) is 2. The van der Waals surface area contributed by atoms with Gasteiger partial charge in [0.2, 0.25) is 11.8 Å². The van der Waals surface area contributed by atoms with Gasteiger partial charge in [0.05, 0.1) is 35.3 Å². The molecule has 3 aromatic rings. The second kappa shape index (κ2) is 11.7. The van der Waals surface area contributed by atoms with Crippen molar-refractivity contribution in [1.29, 1.82) is 0 Å². The molecule has 0 atom stereocenters. The van der Waals surface area contributed by atoms with Gasteiger partial charge in [0, 0.05) is 11.4 Å². The standard InChI is InChI=1S/C28H24N2O8/c1-17(31)13-25(33)29(19-9-5-3-6-10-19)23-15-22(28(37)38)24(16-21(23)27(35)36)30(26(34)14-18(2)32)20-11-7-4-8-12-20/h3-12,15-16H,13-14H2,1-2H3,(H,35,36)(H,37,38). The van der Waals surface area contributed by atoms with Gasteiger partial charge in [0.1, 0.15) is 11.6 Å². The van der Waals surface area contributed by atoms with Gasteiger partial charge < -0.3 is 10.2 Å². The lowest BCUT2D eigenvalue weighted by Gasteiger charge is -2.28. The van der Waals surface area contributed by atoms with Crippen molar-refractivity contribution in [1.82, 2.24) is 0 Å². The van der Waals surface area contributed by atoms with Crippen LogP contribution in [0.3, 0.4) is 0 Å². The second-order valence-corrected chi connectivity index (χ2v) is 8.38. The Morgan fingerprint density at radius 1 is 0.579 bits per heavy atom. The molecule has 0 aromatic heterocycles. The molecule has 0 aliphatic heterocycles. The Morgan fingerprint density at radius 2 is 0.895 bits per heavy atom. The third kappa shape index (κ3) is 6.16. The van der Waals surface area contributed by atoms with Crippen LogP contribution < -0.4 is 9.80 Å². The van der Waals surface area contributed by atoms with Crippen molar-refractivity contribution in [2.45, 2.75) is 26.7 Å². The average molecular weight is 517 g/mol. The molecule has 0 saturated heterocycles. The Hall–Kier alpha value is -5.12. The number of anilines is 4. The molecule has 0 heterocycles. The van der Waals surface area contributed by atoms with Crippen LogP contribution in [0.1, 0.15) is 47.4 Å². The average Bonchev–Trinajstić information content (AvgIpc) is 2.85. The van der Waals surface area contributed by atoms with Crippen LogP contribution in [0.4, 0.5) is 22.7 Å². The molecule has 0 aliphatic rings. The van der Waals surface area contributed by atoms with Crippen LogP contribution in [0, 0.1) is 0 Å². The lowest BCUT2D eigenvalue weighted by atomic mass is 10.0. The number of carboxylic acid groups (broad SMARTS) is 2. The quantitative estimate of drug-likeness (QED) is 0.377. The van der Waals surface area contributed by atoms with Crippen LogP contribution >= 0.6 is 0 Å². The van der Waals surface area contributed by atoms with Crippen LogP contribution in [-0.2, 0) is 19.2 Å². The molecule has 0 unspecified atom stereocenters. The fraction of sp³-hybridized carbons (Fsp3) is 0.143. The normalized spacial score (nSPS) is 10.4. The van der Waals surface area contributed by atoms with Gasteiger partial charge in [-0.05, 0) is 50.2 Å². The Kier molecular flexibility index (Phi) is 8.49. The summed E-state index contributed by atoms with van der Waals surface area (Å²) in [5.41, 5.74) is -1.19. The summed E-state index contributed by atoms with van der Waals surface area (Å²) in [6.07, 6.45) is -1.13. The van der Waals surface area contributed by atoms with E-state index in [1.165, 1.54) is 38.1 Å². The molecular weight excluding hydrogens is 492 g/mol. The van der Waals surface area contributed by atoms with E-state index < -0.39 is 59.3 Å². The van der Waals surface area contributed by atoms with Crippen molar-refractivity contribution in [3.8, 4) is 0 Å². The molecule has 0 spiro atoms. The van der Waals surface area contributed by atoms with E-state index in [0.29, 0.717) is 0 Å². The predicted octanol–water partition coefficient (Wildman–Crippen LogP) is 4.37. The number of para-hydroxylation sites is 2. The van der Waals surface area contributed by atoms with Gasteiger partial charge in [0.15, 0.2) is 0 Å². The van der Waals surface area contributed by atoms with Gasteiger partial charge in [-0.1, -0.05) is 36.4 Å². The lowest BCUT2D eigenvalue weighted by molar-refractivity contribution is -0.126. The van der Waals surface area contributed by atoms with E-state index in [4.69, 9.17) is 0 Å². The summed E-state index contributed by atoms with van der Waals surface area (Å²) in [6.45, 7) is 2.40. The molecule has 0 fully saturated rings. The van der Waals surface area contributed by atoms with Gasteiger partial charge in [0.25, 0.3) is 0 Å². The Morgan fingerprint density at radius 3 is 1.16 bits per heavy atom. The first kappa shape index (κ1) is 27.5. The van der Waals surface area contributed by atoms with E-state index in [9.17, 15) is 39.0 Å². The molecule has 0 radical (unpaired) electrons. The molecule has 10 nitrogen and oxygen atoms in total. The number of hydrogen-bond donors (Lipinski definition) is 2. The summed E-state index contributed by atoms with van der Waals surface area (Å²) in [6, 6.07) is 17.7. The van der Waals surface area contributed by atoms with E-state index in [1.807, 2.05) is 0 Å². The maximum atomic E-state index is 13.1. The fourth-order valence-electron chi connectivity index (χ4n) is 3.86. The van der Waals surface area contributed by atoms with Crippen molar-refractivity contribution < 1.29 is 39.0 Å². The number of benzene rings is 3. The number of ketones is 2. The SMILES string of the molecule is CC(=O)CC(=O)N(c1ccccc1)c1cc(C(=O)O)c(N(C(=O)CC(C)=O)c2ccccc2)cc1C(=O)O. The van der Waals surface area contributed by atoms with Crippen LogP contribution in [0.15, 0.2) is 72.8 Å². The van der Waals surface area contributed by atoms with E-state index in [2.05, 4.69) is 0 Å². The number of rotatable bonds is 10. The Balaban J connectivity index is 2.36. The molecular formula is C28H24N2O8. The minimum atomic E-state index is -1.51. The third-order valence-corrected chi connectivity index (χ3v) is 5.38. The Labute approximate surface area is 217 Å².